The van der Waals surface area contributed by atoms with Gasteiger partial charge in [-0.2, -0.15) is 5.10 Å². The van der Waals surface area contributed by atoms with Gasteiger partial charge in [0, 0.05) is 63.5 Å². The summed E-state index contributed by atoms with van der Waals surface area (Å²) in [5.41, 5.74) is 3.80. The maximum atomic E-state index is 13.0. The number of anilines is 1. The van der Waals surface area contributed by atoms with Gasteiger partial charge in [-0.05, 0) is 26.2 Å². The highest BCUT2D eigenvalue weighted by Crippen LogP contribution is 2.29. The molecular formula is C21H31ClN6O2. The van der Waals surface area contributed by atoms with Crippen LogP contribution in [0.2, 0.25) is 0 Å². The third-order valence-corrected chi connectivity index (χ3v) is 5.58. The summed E-state index contributed by atoms with van der Waals surface area (Å²) in [6.45, 7) is 6.09. The Balaban J connectivity index is 0.00000256. The maximum Gasteiger partial charge on any atom is 0.274 e. The van der Waals surface area contributed by atoms with Crippen molar-refractivity contribution in [3.05, 3.63) is 41.2 Å². The quantitative estimate of drug-likeness (QED) is 0.715. The van der Waals surface area contributed by atoms with Gasteiger partial charge < -0.3 is 24.8 Å². The van der Waals surface area contributed by atoms with E-state index in [0.29, 0.717) is 31.9 Å². The molecule has 3 heterocycles. The van der Waals surface area contributed by atoms with Gasteiger partial charge in [-0.25, -0.2) is 0 Å². The van der Waals surface area contributed by atoms with Crippen molar-refractivity contribution in [3.63, 3.8) is 0 Å². The summed E-state index contributed by atoms with van der Waals surface area (Å²) in [7, 11) is 4.08. The summed E-state index contributed by atoms with van der Waals surface area (Å²) in [6.07, 6.45) is 0.897. The number of halogens is 1. The SMILES string of the molecule is CN(C)CCOc1ccccc1N1CCN(C(=O)c2n[nH]c3c2CNCC3)CC1.Cl. The van der Waals surface area contributed by atoms with Crippen LogP contribution < -0.4 is 15.0 Å². The molecule has 8 nitrogen and oxygen atoms in total. The van der Waals surface area contributed by atoms with Crippen LogP contribution in [-0.4, -0.2) is 85.9 Å². The number of para-hydroxylation sites is 2. The van der Waals surface area contributed by atoms with Gasteiger partial charge in [0.25, 0.3) is 5.91 Å². The van der Waals surface area contributed by atoms with Crippen molar-refractivity contribution in [2.24, 2.45) is 0 Å². The van der Waals surface area contributed by atoms with E-state index in [1.54, 1.807) is 0 Å². The maximum absolute atomic E-state index is 13.0. The first-order chi connectivity index (χ1) is 14.1. The van der Waals surface area contributed by atoms with Gasteiger partial charge in [-0.15, -0.1) is 12.4 Å². The Morgan fingerprint density at radius 2 is 1.97 bits per heavy atom. The number of hydrogen-bond acceptors (Lipinski definition) is 6. The molecule has 0 aliphatic carbocycles. The number of likely N-dealkylation sites (N-methyl/N-ethyl adjacent to an activating group) is 1. The van der Waals surface area contributed by atoms with Crippen LogP contribution in [0.5, 0.6) is 5.75 Å². The smallest absolute Gasteiger partial charge is 0.274 e. The third-order valence-electron chi connectivity index (χ3n) is 5.58. The van der Waals surface area contributed by atoms with E-state index in [2.05, 4.69) is 31.4 Å². The molecule has 9 heteroatoms. The standard InChI is InChI=1S/C21H30N6O2.ClH/c1-25(2)13-14-29-19-6-4-3-5-18(19)26-9-11-27(12-10-26)21(28)20-16-15-22-8-7-17(16)23-24-20;/h3-6,22H,7-15H2,1-2H3,(H,23,24);1H. The average molecular weight is 435 g/mol. The summed E-state index contributed by atoms with van der Waals surface area (Å²) in [6, 6.07) is 8.15. The van der Waals surface area contributed by atoms with E-state index in [4.69, 9.17) is 4.74 Å². The van der Waals surface area contributed by atoms with E-state index in [9.17, 15) is 4.79 Å². The van der Waals surface area contributed by atoms with E-state index in [0.717, 1.165) is 55.3 Å². The zero-order chi connectivity index (χ0) is 20.2. The number of amides is 1. The van der Waals surface area contributed by atoms with Crippen molar-refractivity contribution >= 4 is 24.0 Å². The molecule has 1 fully saturated rings. The van der Waals surface area contributed by atoms with E-state index in [1.807, 2.05) is 37.2 Å². The fourth-order valence-electron chi connectivity index (χ4n) is 3.88. The van der Waals surface area contributed by atoms with Gasteiger partial charge in [0.05, 0.1) is 5.69 Å². The number of carbonyl (C=O) groups excluding carboxylic acids is 1. The minimum absolute atomic E-state index is 0. The zero-order valence-corrected chi connectivity index (χ0v) is 18.5. The Hall–Kier alpha value is -2.29. The summed E-state index contributed by atoms with van der Waals surface area (Å²) in [5, 5.41) is 10.7. The zero-order valence-electron chi connectivity index (χ0n) is 17.7. The van der Waals surface area contributed by atoms with Crippen molar-refractivity contribution in [2.75, 3.05) is 64.9 Å². The molecule has 2 aromatic rings. The fourth-order valence-corrected chi connectivity index (χ4v) is 3.88. The predicted octanol–water partition coefficient (Wildman–Crippen LogP) is 1.38. The molecule has 1 amide bonds. The number of piperazine rings is 1. The Bertz CT molecular complexity index is 848. The van der Waals surface area contributed by atoms with Crippen LogP contribution in [0.3, 0.4) is 0 Å². The minimum atomic E-state index is 0. The van der Waals surface area contributed by atoms with E-state index < -0.39 is 0 Å². The van der Waals surface area contributed by atoms with Gasteiger partial charge in [-0.3, -0.25) is 9.89 Å². The number of aromatic nitrogens is 2. The molecule has 1 aromatic carbocycles. The number of H-pyrrole nitrogens is 1. The molecule has 0 unspecified atom stereocenters. The summed E-state index contributed by atoms with van der Waals surface area (Å²) >= 11 is 0. The Morgan fingerprint density at radius 1 is 1.20 bits per heavy atom. The highest BCUT2D eigenvalue weighted by atomic mass is 35.5. The van der Waals surface area contributed by atoms with Crippen LogP contribution in [0.15, 0.2) is 24.3 Å². The number of aromatic amines is 1. The molecule has 0 bridgehead atoms. The van der Waals surface area contributed by atoms with E-state index in [1.165, 1.54) is 0 Å². The Morgan fingerprint density at radius 3 is 2.73 bits per heavy atom. The Kier molecular flexibility index (Phi) is 7.58. The number of ether oxygens (including phenoxy) is 1. The molecule has 0 saturated carbocycles. The van der Waals surface area contributed by atoms with Crippen LogP contribution in [0.1, 0.15) is 21.7 Å². The summed E-state index contributed by atoms with van der Waals surface area (Å²) in [4.78, 5) is 19.3. The number of nitrogens with one attached hydrogen (secondary N) is 2. The monoisotopic (exact) mass is 434 g/mol. The number of hydrogen-bond donors (Lipinski definition) is 2. The van der Waals surface area contributed by atoms with Crippen molar-refractivity contribution in [1.82, 2.24) is 25.3 Å². The number of fused-ring (bicyclic) bond motifs is 1. The largest absolute Gasteiger partial charge is 0.490 e. The number of carbonyl (C=O) groups is 1. The summed E-state index contributed by atoms with van der Waals surface area (Å²) < 4.78 is 6.01. The third kappa shape index (κ3) is 4.88. The van der Waals surface area contributed by atoms with Gasteiger partial charge in [-0.1, -0.05) is 12.1 Å². The van der Waals surface area contributed by atoms with Crippen LogP contribution >= 0.6 is 12.4 Å². The van der Waals surface area contributed by atoms with Gasteiger partial charge >= 0.3 is 0 Å². The highest BCUT2D eigenvalue weighted by Gasteiger charge is 2.28. The number of nitrogens with zero attached hydrogens (tertiary/aromatic N) is 4. The lowest BCUT2D eigenvalue weighted by Crippen LogP contribution is -2.49. The molecular weight excluding hydrogens is 404 g/mol. The lowest BCUT2D eigenvalue weighted by atomic mass is 10.1. The first kappa shape index (κ1) is 22.4. The van der Waals surface area contributed by atoms with Gasteiger partial charge in [0.15, 0.2) is 5.69 Å². The second-order valence-electron chi connectivity index (χ2n) is 7.85. The van der Waals surface area contributed by atoms with E-state index in [-0.39, 0.29) is 18.3 Å². The van der Waals surface area contributed by atoms with Crippen LogP contribution in [0, 0.1) is 0 Å². The van der Waals surface area contributed by atoms with Crippen molar-refractivity contribution < 1.29 is 9.53 Å². The van der Waals surface area contributed by atoms with Crippen LogP contribution in [-0.2, 0) is 13.0 Å². The van der Waals surface area contributed by atoms with Crippen LogP contribution in [0.25, 0.3) is 0 Å². The molecule has 1 saturated heterocycles. The fraction of sp³-hybridized carbons (Fsp3) is 0.524. The minimum Gasteiger partial charge on any atom is -0.490 e. The van der Waals surface area contributed by atoms with Gasteiger partial charge in [0.1, 0.15) is 12.4 Å². The lowest BCUT2D eigenvalue weighted by Gasteiger charge is -2.36. The molecule has 164 valence electrons. The molecule has 1 aromatic heterocycles. The molecule has 30 heavy (non-hydrogen) atoms. The lowest BCUT2D eigenvalue weighted by molar-refractivity contribution is 0.0739. The molecule has 0 atom stereocenters. The normalized spacial score (nSPS) is 16.2. The highest BCUT2D eigenvalue weighted by molar-refractivity contribution is 5.94. The predicted molar refractivity (Wildman–Crippen MR) is 120 cm³/mol. The van der Waals surface area contributed by atoms with Crippen molar-refractivity contribution in [1.29, 1.82) is 0 Å². The van der Waals surface area contributed by atoms with Crippen molar-refractivity contribution in [2.45, 2.75) is 13.0 Å². The first-order valence-electron chi connectivity index (χ1n) is 10.3. The molecule has 0 radical (unpaired) electrons. The molecule has 2 aliphatic heterocycles. The van der Waals surface area contributed by atoms with Crippen LogP contribution in [0.4, 0.5) is 5.69 Å². The molecule has 2 N–H and O–H groups in total. The van der Waals surface area contributed by atoms with Crippen molar-refractivity contribution in [3.8, 4) is 5.75 Å². The average Bonchev–Trinajstić information content (AvgIpc) is 3.18. The van der Waals surface area contributed by atoms with E-state index >= 15 is 0 Å². The Labute approximate surface area is 184 Å². The molecule has 2 aliphatic rings. The second-order valence-corrected chi connectivity index (χ2v) is 7.85. The topological polar surface area (TPSA) is 76.7 Å². The molecule has 4 rings (SSSR count). The number of benzene rings is 1. The first-order valence-corrected chi connectivity index (χ1v) is 10.3. The number of rotatable bonds is 6. The summed E-state index contributed by atoms with van der Waals surface area (Å²) in [5.74, 6) is 0.933. The molecule has 0 spiro atoms. The van der Waals surface area contributed by atoms with Gasteiger partial charge in [0.2, 0.25) is 0 Å². The second kappa shape index (κ2) is 10.1.